The summed E-state index contributed by atoms with van der Waals surface area (Å²) in [6, 6.07) is 11.0. The van der Waals surface area contributed by atoms with Crippen LogP contribution in [0.1, 0.15) is 19.6 Å². The summed E-state index contributed by atoms with van der Waals surface area (Å²) in [6.45, 7) is 4.50. The molecule has 3 N–H and O–H groups in total. The number of nitrogens with one attached hydrogen (secondary N) is 2. The Bertz CT molecular complexity index is 1420. The van der Waals surface area contributed by atoms with E-state index >= 15 is 0 Å². The van der Waals surface area contributed by atoms with Gasteiger partial charge in [0, 0.05) is 12.7 Å². The molecule has 3 aromatic rings. The Hall–Kier alpha value is -4.06. The molecule has 0 radical (unpaired) electrons. The molecule has 0 aliphatic heterocycles. The highest BCUT2D eigenvalue weighted by molar-refractivity contribution is 7.92. The van der Waals surface area contributed by atoms with Crippen molar-refractivity contribution >= 4 is 33.4 Å². The van der Waals surface area contributed by atoms with E-state index in [1.54, 1.807) is 19.1 Å². The number of carbonyl (C=O) groups is 2. The van der Waals surface area contributed by atoms with E-state index in [-0.39, 0.29) is 33.3 Å². The Labute approximate surface area is 207 Å². The fourth-order valence-corrected chi connectivity index (χ4v) is 4.56. The SMILES string of the molecule is COc1ccc(N(C)C(=O)C(C)(C)NC(=O)O)cc1NS(=O)(=O)c1ccc(-c2ccc(C)o2)c(F)c1. The van der Waals surface area contributed by atoms with Crippen LogP contribution in [-0.2, 0) is 14.8 Å². The number of ether oxygens (including phenoxy) is 1. The van der Waals surface area contributed by atoms with Crippen LogP contribution >= 0.6 is 0 Å². The van der Waals surface area contributed by atoms with Crippen molar-refractivity contribution in [1.29, 1.82) is 0 Å². The van der Waals surface area contributed by atoms with Crippen molar-refractivity contribution in [2.75, 3.05) is 23.8 Å². The molecular formula is C24H26FN3O7S. The van der Waals surface area contributed by atoms with E-state index in [9.17, 15) is 22.4 Å². The number of anilines is 2. The Kier molecular flexibility index (Phi) is 7.30. The molecule has 1 aromatic heterocycles. The van der Waals surface area contributed by atoms with Crippen LogP contribution in [0.3, 0.4) is 0 Å². The second-order valence-electron chi connectivity index (χ2n) is 8.46. The molecule has 0 aliphatic rings. The first-order valence-electron chi connectivity index (χ1n) is 10.6. The fourth-order valence-electron chi connectivity index (χ4n) is 3.49. The lowest BCUT2D eigenvalue weighted by atomic mass is 10.0. The third-order valence-corrected chi connectivity index (χ3v) is 6.69. The largest absolute Gasteiger partial charge is 0.495 e. The number of furan rings is 1. The summed E-state index contributed by atoms with van der Waals surface area (Å²) in [5.74, 6) is -0.375. The van der Waals surface area contributed by atoms with E-state index in [2.05, 4.69) is 10.0 Å². The van der Waals surface area contributed by atoms with Gasteiger partial charge in [-0.2, -0.15) is 0 Å². The molecule has 0 bridgehead atoms. The number of benzene rings is 2. The molecular weight excluding hydrogens is 493 g/mol. The van der Waals surface area contributed by atoms with Crippen molar-refractivity contribution in [2.45, 2.75) is 31.2 Å². The number of carboxylic acid groups (broad SMARTS) is 1. The maximum atomic E-state index is 14.8. The van der Waals surface area contributed by atoms with Gasteiger partial charge >= 0.3 is 6.09 Å². The van der Waals surface area contributed by atoms with Crippen LogP contribution in [0.2, 0.25) is 0 Å². The summed E-state index contributed by atoms with van der Waals surface area (Å²) >= 11 is 0. The van der Waals surface area contributed by atoms with Crippen molar-refractivity contribution < 1.29 is 36.7 Å². The highest BCUT2D eigenvalue weighted by Gasteiger charge is 2.33. The predicted molar refractivity (Wildman–Crippen MR) is 131 cm³/mol. The topological polar surface area (TPSA) is 138 Å². The number of hydrogen-bond donors (Lipinski definition) is 3. The number of rotatable bonds is 8. The summed E-state index contributed by atoms with van der Waals surface area (Å²) in [5.41, 5.74) is -1.09. The first kappa shape index (κ1) is 26.5. The summed E-state index contributed by atoms with van der Waals surface area (Å²) in [6.07, 6.45) is -1.37. The molecule has 0 unspecified atom stereocenters. The average molecular weight is 520 g/mol. The highest BCUT2D eigenvalue weighted by Crippen LogP contribution is 2.33. The van der Waals surface area contributed by atoms with Gasteiger partial charge in [-0.05, 0) is 69.3 Å². The second-order valence-corrected chi connectivity index (χ2v) is 10.1. The van der Waals surface area contributed by atoms with Crippen LogP contribution in [0.15, 0.2) is 57.8 Å². The van der Waals surface area contributed by atoms with Crippen molar-refractivity contribution in [3.63, 3.8) is 0 Å². The Balaban J connectivity index is 1.92. The van der Waals surface area contributed by atoms with Gasteiger partial charge in [0.15, 0.2) is 0 Å². The first-order valence-corrected chi connectivity index (χ1v) is 12.1. The molecule has 1 heterocycles. The number of nitrogens with zero attached hydrogens (tertiary/aromatic N) is 1. The monoisotopic (exact) mass is 519 g/mol. The lowest BCUT2D eigenvalue weighted by Crippen LogP contribution is -2.55. The van der Waals surface area contributed by atoms with E-state index in [0.717, 1.165) is 6.07 Å². The minimum Gasteiger partial charge on any atom is -0.495 e. The average Bonchev–Trinajstić information content (AvgIpc) is 3.22. The molecule has 0 saturated carbocycles. The van der Waals surface area contributed by atoms with Crippen molar-refractivity contribution in [2.24, 2.45) is 0 Å². The minimum absolute atomic E-state index is 0.00945. The van der Waals surface area contributed by atoms with Crippen LogP contribution in [-0.4, -0.2) is 45.2 Å². The number of hydrogen-bond acceptors (Lipinski definition) is 6. The fraction of sp³-hybridized carbons (Fsp3) is 0.250. The lowest BCUT2D eigenvalue weighted by molar-refractivity contribution is -0.123. The molecule has 3 rings (SSSR count). The molecule has 2 amide bonds. The number of carbonyl (C=O) groups excluding carboxylic acids is 1. The Morgan fingerprint density at radius 3 is 2.36 bits per heavy atom. The van der Waals surface area contributed by atoms with Crippen LogP contribution < -0.4 is 19.7 Å². The molecule has 12 heteroatoms. The van der Waals surface area contributed by atoms with Crippen LogP contribution in [0, 0.1) is 12.7 Å². The summed E-state index contributed by atoms with van der Waals surface area (Å²) in [5, 5.41) is 11.1. The molecule has 192 valence electrons. The second kappa shape index (κ2) is 9.90. The van der Waals surface area contributed by atoms with Gasteiger partial charge in [-0.1, -0.05) is 0 Å². The molecule has 0 atom stereocenters. The Morgan fingerprint density at radius 1 is 1.11 bits per heavy atom. The van der Waals surface area contributed by atoms with Crippen molar-refractivity contribution in [3.8, 4) is 17.1 Å². The summed E-state index contributed by atoms with van der Waals surface area (Å²) in [7, 11) is -1.51. The number of methoxy groups -OCH3 is 1. The normalized spacial score (nSPS) is 11.6. The first-order chi connectivity index (χ1) is 16.7. The van der Waals surface area contributed by atoms with E-state index < -0.39 is 33.4 Å². The van der Waals surface area contributed by atoms with E-state index in [0.29, 0.717) is 5.76 Å². The van der Waals surface area contributed by atoms with Gasteiger partial charge in [0.25, 0.3) is 15.9 Å². The van der Waals surface area contributed by atoms with Gasteiger partial charge in [0.1, 0.15) is 28.6 Å². The van der Waals surface area contributed by atoms with E-state index in [4.69, 9.17) is 14.3 Å². The van der Waals surface area contributed by atoms with Crippen molar-refractivity contribution in [1.82, 2.24) is 5.32 Å². The van der Waals surface area contributed by atoms with Gasteiger partial charge in [-0.15, -0.1) is 0 Å². The summed E-state index contributed by atoms with van der Waals surface area (Å²) in [4.78, 5) is 24.7. The molecule has 2 aromatic carbocycles. The number of aryl methyl sites for hydroxylation is 1. The number of likely N-dealkylation sites (N-methyl/N-ethyl adjacent to an activating group) is 1. The minimum atomic E-state index is -4.26. The zero-order valence-electron chi connectivity index (χ0n) is 20.2. The third kappa shape index (κ3) is 5.60. The van der Waals surface area contributed by atoms with Crippen LogP contribution in [0.25, 0.3) is 11.3 Å². The molecule has 0 spiro atoms. The zero-order chi connectivity index (χ0) is 26.8. The van der Waals surface area contributed by atoms with E-state index in [1.165, 1.54) is 63.2 Å². The highest BCUT2D eigenvalue weighted by atomic mass is 32.2. The van der Waals surface area contributed by atoms with Gasteiger partial charge in [-0.3, -0.25) is 9.52 Å². The maximum absolute atomic E-state index is 14.8. The zero-order valence-corrected chi connectivity index (χ0v) is 21.1. The van der Waals surface area contributed by atoms with Gasteiger partial charge in [0.2, 0.25) is 0 Å². The van der Waals surface area contributed by atoms with Gasteiger partial charge in [-0.25, -0.2) is 17.6 Å². The quantitative estimate of drug-likeness (QED) is 0.405. The molecule has 0 fully saturated rings. The number of halogens is 1. The van der Waals surface area contributed by atoms with E-state index in [1.807, 2.05) is 0 Å². The number of sulfonamides is 1. The third-order valence-electron chi connectivity index (χ3n) is 5.33. The molecule has 36 heavy (non-hydrogen) atoms. The smallest absolute Gasteiger partial charge is 0.405 e. The van der Waals surface area contributed by atoms with Crippen molar-refractivity contribution in [3.05, 3.63) is 60.1 Å². The van der Waals surface area contributed by atoms with Gasteiger partial charge < -0.3 is 24.5 Å². The molecule has 10 nitrogen and oxygen atoms in total. The standard InChI is InChI=1S/C24H26FN3O7S/c1-14-6-10-20(35-14)17-9-8-16(13-18(17)25)36(32,33)27-19-12-15(7-11-21(19)34-5)28(4)22(29)24(2,3)26-23(30)31/h6-13,26-27H,1-5H3,(H,30,31). The summed E-state index contributed by atoms with van der Waals surface area (Å²) < 4.78 is 53.9. The van der Waals surface area contributed by atoms with Gasteiger partial charge in [0.05, 0.1) is 23.3 Å². The maximum Gasteiger partial charge on any atom is 0.405 e. The molecule has 0 saturated heterocycles. The Morgan fingerprint density at radius 2 is 1.81 bits per heavy atom. The number of amides is 2. The van der Waals surface area contributed by atoms with Crippen LogP contribution in [0.5, 0.6) is 5.75 Å². The predicted octanol–water partition coefficient (Wildman–Crippen LogP) is 4.21. The molecule has 0 aliphatic carbocycles. The van der Waals surface area contributed by atoms with Crippen LogP contribution in [0.4, 0.5) is 20.6 Å². The lowest BCUT2D eigenvalue weighted by Gasteiger charge is -2.29.